The van der Waals surface area contributed by atoms with Crippen molar-refractivity contribution < 1.29 is 27.4 Å². The number of rotatable bonds is 11. The van der Waals surface area contributed by atoms with Gasteiger partial charge in [0.15, 0.2) is 17.5 Å². The van der Waals surface area contributed by atoms with Crippen LogP contribution in [0.5, 0.6) is 11.5 Å². The number of sulfonamides is 1. The van der Waals surface area contributed by atoms with E-state index >= 15 is 0 Å². The zero-order valence-corrected chi connectivity index (χ0v) is 22.0. The van der Waals surface area contributed by atoms with E-state index in [1.165, 1.54) is 38.3 Å². The smallest absolute Gasteiger partial charge is 0.331 e. The van der Waals surface area contributed by atoms with Crippen molar-refractivity contribution >= 4 is 27.3 Å². The highest BCUT2D eigenvalue weighted by Crippen LogP contribution is 2.30. The molecule has 194 valence electrons. The van der Waals surface area contributed by atoms with Crippen molar-refractivity contribution in [3.8, 4) is 22.1 Å². The van der Waals surface area contributed by atoms with Gasteiger partial charge in [-0.25, -0.2) is 22.6 Å². The van der Waals surface area contributed by atoms with Gasteiger partial charge in [0.1, 0.15) is 4.21 Å². The van der Waals surface area contributed by atoms with E-state index in [0.717, 1.165) is 21.8 Å². The lowest BCUT2D eigenvalue weighted by Gasteiger charge is -2.16. The summed E-state index contributed by atoms with van der Waals surface area (Å²) in [5, 5.41) is 8.08. The molecule has 0 unspecified atom stereocenters. The van der Waals surface area contributed by atoms with Gasteiger partial charge in [0.2, 0.25) is 10.0 Å². The first kappa shape index (κ1) is 26.3. The average molecular weight is 544 g/mol. The van der Waals surface area contributed by atoms with Crippen molar-refractivity contribution in [1.29, 1.82) is 0 Å². The fourth-order valence-corrected chi connectivity index (χ4v) is 5.88. The van der Waals surface area contributed by atoms with Crippen molar-refractivity contribution in [2.45, 2.75) is 23.2 Å². The van der Waals surface area contributed by atoms with Crippen LogP contribution in [-0.4, -0.2) is 55.7 Å². The van der Waals surface area contributed by atoms with Gasteiger partial charge in [-0.2, -0.15) is 0 Å². The topological polar surface area (TPSA) is 135 Å². The number of esters is 1. The molecule has 0 aliphatic carbocycles. The molecule has 3 heterocycles. The molecule has 11 nitrogen and oxygen atoms in total. The second kappa shape index (κ2) is 11.5. The minimum absolute atomic E-state index is 0.108. The maximum Gasteiger partial charge on any atom is 0.331 e. The second-order valence-electron chi connectivity index (χ2n) is 7.78. The molecule has 0 saturated heterocycles. The van der Waals surface area contributed by atoms with Crippen molar-refractivity contribution in [3.63, 3.8) is 0 Å². The average Bonchev–Trinajstić information content (AvgIpc) is 3.61. The van der Waals surface area contributed by atoms with Gasteiger partial charge < -0.3 is 14.2 Å². The van der Waals surface area contributed by atoms with Crippen molar-refractivity contribution in [2.24, 2.45) is 0 Å². The molecule has 4 aromatic rings. The summed E-state index contributed by atoms with van der Waals surface area (Å²) in [6, 6.07) is 13.2. The summed E-state index contributed by atoms with van der Waals surface area (Å²) < 4.78 is 45.3. The molecule has 0 bridgehead atoms. The predicted octanol–water partition coefficient (Wildman–Crippen LogP) is 2.85. The van der Waals surface area contributed by atoms with E-state index in [1.807, 2.05) is 18.2 Å². The number of nitrogens with zero attached hydrogens (tertiary/aromatic N) is 4. The third-order valence-corrected chi connectivity index (χ3v) is 8.44. The number of benzene rings is 1. The number of pyridine rings is 1. The lowest BCUT2D eigenvalue weighted by Crippen LogP contribution is -2.24. The zero-order chi connectivity index (χ0) is 26.4. The molecule has 4 rings (SSSR count). The van der Waals surface area contributed by atoms with Crippen LogP contribution in [0, 0.1) is 0 Å². The lowest BCUT2D eigenvalue weighted by atomic mass is 10.1. The normalized spacial score (nSPS) is 12.2. The summed E-state index contributed by atoms with van der Waals surface area (Å²) in [6.07, 6.45) is 3.41. The van der Waals surface area contributed by atoms with E-state index in [-0.39, 0.29) is 17.2 Å². The number of methoxy groups -OCH3 is 3. The highest BCUT2D eigenvalue weighted by molar-refractivity contribution is 7.91. The van der Waals surface area contributed by atoms with E-state index in [0.29, 0.717) is 22.9 Å². The molecule has 0 spiro atoms. The first-order chi connectivity index (χ1) is 17.8. The third-order valence-electron chi connectivity index (χ3n) is 5.43. The van der Waals surface area contributed by atoms with Crippen LogP contribution in [0.2, 0.25) is 0 Å². The van der Waals surface area contributed by atoms with Gasteiger partial charge in [-0.05, 0) is 42.0 Å². The SMILES string of the molecule is COC(=O)[C@H](Cc1ccc(OC)c(OC)c1)n1cc(CNS(=O)(=O)c2ccc(-c3ccccn3)s2)nn1. The number of thiophene rings is 1. The van der Waals surface area contributed by atoms with Crippen LogP contribution < -0.4 is 14.2 Å². The molecule has 0 amide bonds. The summed E-state index contributed by atoms with van der Waals surface area (Å²) in [4.78, 5) is 17.5. The molecule has 0 radical (unpaired) electrons. The summed E-state index contributed by atoms with van der Waals surface area (Å²) in [5.74, 6) is 0.568. The first-order valence-electron chi connectivity index (χ1n) is 11.0. The Morgan fingerprint density at radius 3 is 2.59 bits per heavy atom. The van der Waals surface area contributed by atoms with Crippen molar-refractivity contribution in [1.82, 2.24) is 24.7 Å². The Balaban J connectivity index is 1.47. The molecular weight excluding hydrogens is 518 g/mol. The van der Waals surface area contributed by atoms with Crippen LogP contribution in [0.3, 0.4) is 0 Å². The van der Waals surface area contributed by atoms with Gasteiger partial charge in [0.05, 0.1) is 50.3 Å². The molecule has 0 saturated carbocycles. The molecular formula is C24H25N5O6S2. The van der Waals surface area contributed by atoms with Crippen LogP contribution in [0.1, 0.15) is 17.3 Å². The number of nitrogens with one attached hydrogen (secondary N) is 1. The summed E-state index contributed by atoms with van der Waals surface area (Å²) >= 11 is 1.12. The van der Waals surface area contributed by atoms with E-state index in [9.17, 15) is 13.2 Å². The van der Waals surface area contributed by atoms with Crippen molar-refractivity contribution in [3.05, 3.63) is 72.2 Å². The van der Waals surface area contributed by atoms with Crippen LogP contribution >= 0.6 is 11.3 Å². The van der Waals surface area contributed by atoms with Gasteiger partial charge in [0, 0.05) is 12.6 Å². The monoisotopic (exact) mass is 543 g/mol. The fourth-order valence-electron chi connectivity index (χ4n) is 3.55. The maximum atomic E-state index is 12.8. The van der Waals surface area contributed by atoms with E-state index in [2.05, 4.69) is 20.0 Å². The Kier molecular flexibility index (Phi) is 8.16. The second-order valence-corrected chi connectivity index (χ2v) is 10.9. The first-order valence-corrected chi connectivity index (χ1v) is 13.3. The Morgan fingerprint density at radius 2 is 1.89 bits per heavy atom. The van der Waals surface area contributed by atoms with Gasteiger partial charge >= 0.3 is 5.97 Å². The number of carbonyl (C=O) groups is 1. The minimum Gasteiger partial charge on any atom is -0.493 e. The number of carbonyl (C=O) groups excluding carboxylic acids is 1. The zero-order valence-electron chi connectivity index (χ0n) is 20.3. The van der Waals surface area contributed by atoms with Crippen LogP contribution in [-0.2, 0) is 32.5 Å². The molecule has 13 heteroatoms. The Hall–Kier alpha value is -3.81. The third kappa shape index (κ3) is 6.13. The Bertz CT molecular complexity index is 1470. The predicted molar refractivity (Wildman–Crippen MR) is 136 cm³/mol. The van der Waals surface area contributed by atoms with Gasteiger partial charge in [-0.1, -0.05) is 17.3 Å². The standard InChI is InChI=1S/C24H25N5O6S2/c1-33-20-8-7-16(13-21(20)34-2)12-19(24(30)35-3)29-15-17(27-28-29)14-26-37(31,32)23-10-9-22(36-23)18-6-4-5-11-25-18/h4-11,13,15,19,26H,12,14H2,1-3H3/t19-/m0/s1. The summed E-state index contributed by atoms with van der Waals surface area (Å²) in [5.41, 5.74) is 1.82. The molecule has 37 heavy (non-hydrogen) atoms. The number of ether oxygens (including phenoxy) is 3. The molecule has 0 fully saturated rings. The van der Waals surface area contributed by atoms with Crippen LogP contribution in [0.15, 0.2) is 65.1 Å². The van der Waals surface area contributed by atoms with Gasteiger partial charge in [-0.15, -0.1) is 16.4 Å². The highest BCUT2D eigenvalue weighted by Gasteiger charge is 2.25. The molecule has 0 aliphatic rings. The number of hydrogen-bond acceptors (Lipinski definition) is 10. The summed E-state index contributed by atoms with van der Waals surface area (Å²) in [7, 11) is 0.561. The van der Waals surface area contributed by atoms with E-state index in [1.54, 1.807) is 30.5 Å². The Labute approximate surface area is 218 Å². The molecule has 1 aromatic carbocycles. The number of aromatic nitrogens is 4. The molecule has 0 aliphatic heterocycles. The molecule has 1 N–H and O–H groups in total. The van der Waals surface area contributed by atoms with E-state index in [4.69, 9.17) is 14.2 Å². The lowest BCUT2D eigenvalue weighted by molar-refractivity contribution is -0.144. The van der Waals surface area contributed by atoms with E-state index < -0.39 is 22.0 Å². The van der Waals surface area contributed by atoms with Crippen LogP contribution in [0.25, 0.3) is 10.6 Å². The highest BCUT2D eigenvalue weighted by atomic mass is 32.2. The van der Waals surface area contributed by atoms with Gasteiger partial charge in [0.25, 0.3) is 0 Å². The minimum atomic E-state index is -3.79. The number of hydrogen-bond donors (Lipinski definition) is 1. The Morgan fingerprint density at radius 1 is 1.08 bits per heavy atom. The van der Waals surface area contributed by atoms with Crippen molar-refractivity contribution in [2.75, 3.05) is 21.3 Å². The van der Waals surface area contributed by atoms with Gasteiger partial charge in [-0.3, -0.25) is 4.98 Å². The fraction of sp³-hybridized carbons (Fsp3) is 0.250. The molecule has 1 atom stereocenters. The summed E-state index contributed by atoms with van der Waals surface area (Å²) in [6.45, 7) is -0.108. The largest absolute Gasteiger partial charge is 0.493 e. The molecule has 3 aromatic heterocycles. The van der Waals surface area contributed by atoms with Crippen LogP contribution in [0.4, 0.5) is 0 Å². The quantitative estimate of drug-likeness (QED) is 0.283. The maximum absolute atomic E-state index is 12.8.